The molecule has 6 nitrogen and oxygen atoms in total. The topological polar surface area (TPSA) is 84.1 Å². The zero-order chi connectivity index (χ0) is 26.0. The molecule has 1 heterocycles. The highest BCUT2D eigenvalue weighted by molar-refractivity contribution is 8.00. The molecule has 0 aliphatic heterocycles. The molecule has 2 aromatic carbocycles. The minimum absolute atomic E-state index is 0.0294. The molecule has 1 amide bonds. The van der Waals surface area contributed by atoms with E-state index in [1.165, 1.54) is 25.3 Å². The Morgan fingerprint density at radius 1 is 1.17 bits per heavy atom. The molecule has 1 aromatic heterocycles. The van der Waals surface area contributed by atoms with E-state index in [0.717, 1.165) is 31.0 Å². The number of alkyl halides is 3. The number of aromatic amines is 1. The Morgan fingerprint density at radius 2 is 1.92 bits per heavy atom. The van der Waals surface area contributed by atoms with E-state index in [4.69, 9.17) is 4.74 Å². The molecule has 0 unspecified atom stereocenters. The van der Waals surface area contributed by atoms with Crippen molar-refractivity contribution >= 4 is 17.7 Å². The Labute approximate surface area is 206 Å². The molecular formula is C24H20F5N3O3S. The van der Waals surface area contributed by atoms with Crippen LogP contribution in [0.2, 0.25) is 0 Å². The van der Waals surface area contributed by atoms with Crippen LogP contribution in [0.25, 0.3) is 0 Å². The number of carbonyl (C=O) groups excluding carboxylic acids is 1. The number of benzene rings is 2. The summed E-state index contributed by atoms with van der Waals surface area (Å²) in [5.41, 5.74) is -4.63. The number of ether oxygens (including phenoxy) is 1. The molecule has 4 rings (SSSR count). The predicted molar refractivity (Wildman–Crippen MR) is 122 cm³/mol. The lowest BCUT2D eigenvalue weighted by atomic mass is 10.0. The Morgan fingerprint density at radius 3 is 2.53 bits per heavy atom. The zero-order valence-electron chi connectivity index (χ0n) is 18.8. The predicted octanol–water partition coefficient (Wildman–Crippen LogP) is 5.14. The van der Waals surface area contributed by atoms with Crippen LogP contribution in [-0.2, 0) is 6.42 Å². The summed E-state index contributed by atoms with van der Waals surface area (Å²) >= 11 is -0.552. The van der Waals surface area contributed by atoms with Gasteiger partial charge < -0.3 is 15.0 Å². The van der Waals surface area contributed by atoms with Gasteiger partial charge in [-0.05, 0) is 65.9 Å². The maximum atomic E-state index is 14.3. The van der Waals surface area contributed by atoms with E-state index in [1.54, 1.807) is 6.07 Å². The quantitative estimate of drug-likeness (QED) is 0.314. The summed E-state index contributed by atoms with van der Waals surface area (Å²) < 4.78 is 71.1. The zero-order valence-corrected chi connectivity index (χ0v) is 19.6. The molecule has 0 spiro atoms. The van der Waals surface area contributed by atoms with Crippen LogP contribution in [0.1, 0.15) is 46.3 Å². The maximum absolute atomic E-state index is 14.3. The molecule has 2 N–H and O–H groups in total. The summed E-state index contributed by atoms with van der Waals surface area (Å²) in [4.78, 5) is 31.2. The van der Waals surface area contributed by atoms with Crippen molar-refractivity contribution in [2.24, 2.45) is 5.92 Å². The van der Waals surface area contributed by atoms with E-state index in [-0.39, 0.29) is 29.6 Å². The molecule has 190 valence electrons. The normalized spacial score (nSPS) is 14.4. The Kier molecular flexibility index (Phi) is 7.34. The molecule has 1 atom stereocenters. The van der Waals surface area contributed by atoms with Crippen LogP contribution in [0, 0.1) is 17.6 Å². The first kappa shape index (κ1) is 25.7. The van der Waals surface area contributed by atoms with Crippen molar-refractivity contribution in [1.29, 1.82) is 0 Å². The summed E-state index contributed by atoms with van der Waals surface area (Å²) in [5, 5.41) is 2.72. The summed E-state index contributed by atoms with van der Waals surface area (Å²) in [6.07, 6.45) is 1.51. The number of hydrogen-bond acceptors (Lipinski definition) is 5. The molecule has 0 bridgehead atoms. The molecule has 1 aliphatic rings. The average molecular weight is 525 g/mol. The van der Waals surface area contributed by atoms with E-state index in [1.807, 2.05) is 0 Å². The van der Waals surface area contributed by atoms with E-state index >= 15 is 0 Å². The van der Waals surface area contributed by atoms with Crippen molar-refractivity contribution in [3.63, 3.8) is 0 Å². The lowest BCUT2D eigenvalue weighted by Gasteiger charge is -2.19. The van der Waals surface area contributed by atoms with Crippen LogP contribution in [0.4, 0.5) is 22.0 Å². The van der Waals surface area contributed by atoms with Crippen molar-refractivity contribution in [3.8, 4) is 5.75 Å². The van der Waals surface area contributed by atoms with E-state index < -0.39 is 51.3 Å². The standard InChI is InChI=1S/C24H20F5N3O3S/c1-35-18-6-2-12(8-15(18)25)9-20-30-17(11-21(33)31-20)23(34)32-22(13-3-4-13)14-5-7-19(16(26)10-14)36-24(27,28)29/h2,5-8,10-11,13,22H,3-4,9H2,1H3,(H,32,34)(H,30,31,33)/t22-/m1/s1. The van der Waals surface area contributed by atoms with Gasteiger partial charge in [0.15, 0.2) is 11.6 Å². The van der Waals surface area contributed by atoms with Crippen molar-refractivity contribution in [3.05, 3.63) is 87.1 Å². The molecule has 1 saturated carbocycles. The van der Waals surface area contributed by atoms with E-state index in [0.29, 0.717) is 11.1 Å². The Hall–Kier alpha value is -3.41. The number of amides is 1. The Bertz CT molecular complexity index is 1340. The van der Waals surface area contributed by atoms with E-state index in [9.17, 15) is 31.5 Å². The number of methoxy groups -OCH3 is 1. The number of halogens is 5. The number of thioether (sulfide) groups is 1. The second kappa shape index (κ2) is 10.3. The van der Waals surface area contributed by atoms with Gasteiger partial charge in [0.25, 0.3) is 11.5 Å². The van der Waals surface area contributed by atoms with Gasteiger partial charge in [0, 0.05) is 12.5 Å². The lowest BCUT2D eigenvalue weighted by Crippen LogP contribution is -2.32. The summed E-state index contributed by atoms with van der Waals surface area (Å²) in [5.74, 6) is -2.18. The van der Waals surface area contributed by atoms with Gasteiger partial charge in [-0.1, -0.05) is 12.1 Å². The summed E-state index contributed by atoms with van der Waals surface area (Å²) in [6.45, 7) is 0. The first-order valence-electron chi connectivity index (χ1n) is 10.8. The third-order valence-corrected chi connectivity index (χ3v) is 6.31. The lowest BCUT2D eigenvalue weighted by molar-refractivity contribution is -0.0329. The van der Waals surface area contributed by atoms with Crippen molar-refractivity contribution in [2.45, 2.75) is 35.7 Å². The highest BCUT2D eigenvalue weighted by atomic mass is 32.2. The fraction of sp³-hybridized carbons (Fsp3) is 0.292. The Balaban J connectivity index is 1.53. The monoisotopic (exact) mass is 525 g/mol. The van der Waals surface area contributed by atoms with Crippen LogP contribution in [-0.4, -0.2) is 28.5 Å². The van der Waals surface area contributed by atoms with Gasteiger partial charge in [0.1, 0.15) is 17.3 Å². The SMILES string of the molecule is COc1ccc(Cc2nc(C(=O)N[C@@H](c3ccc(SC(F)(F)F)c(F)c3)C3CC3)cc(=O)[nH]2)cc1F. The first-order valence-corrected chi connectivity index (χ1v) is 11.6. The molecule has 0 radical (unpaired) electrons. The first-order chi connectivity index (χ1) is 17.0. The molecular weight excluding hydrogens is 505 g/mol. The summed E-state index contributed by atoms with van der Waals surface area (Å²) in [6, 6.07) is 7.93. The van der Waals surface area contributed by atoms with Gasteiger partial charge in [-0.2, -0.15) is 13.2 Å². The maximum Gasteiger partial charge on any atom is 0.446 e. The van der Waals surface area contributed by atoms with Gasteiger partial charge in [-0.25, -0.2) is 13.8 Å². The third-order valence-electron chi connectivity index (χ3n) is 5.53. The molecule has 1 aliphatic carbocycles. The van der Waals surface area contributed by atoms with Gasteiger partial charge in [-0.3, -0.25) is 9.59 Å². The number of aromatic nitrogens is 2. The van der Waals surface area contributed by atoms with Gasteiger partial charge in [0.05, 0.1) is 18.0 Å². The van der Waals surface area contributed by atoms with Crippen LogP contribution >= 0.6 is 11.8 Å². The number of carbonyl (C=O) groups is 1. The molecule has 36 heavy (non-hydrogen) atoms. The van der Waals surface area contributed by atoms with Crippen LogP contribution < -0.4 is 15.6 Å². The highest BCUT2D eigenvalue weighted by Gasteiger charge is 2.35. The number of rotatable bonds is 8. The third kappa shape index (κ3) is 6.42. The van der Waals surface area contributed by atoms with E-state index in [2.05, 4.69) is 15.3 Å². The smallest absolute Gasteiger partial charge is 0.446 e. The van der Waals surface area contributed by atoms with Crippen LogP contribution in [0.5, 0.6) is 5.75 Å². The second-order valence-electron chi connectivity index (χ2n) is 8.25. The van der Waals surface area contributed by atoms with Crippen molar-refractivity contribution in [2.75, 3.05) is 7.11 Å². The second-order valence-corrected chi connectivity index (χ2v) is 9.36. The number of nitrogens with one attached hydrogen (secondary N) is 2. The number of nitrogens with zero attached hydrogens (tertiary/aromatic N) is 1. The van der Waals surface area contributed by atoms with Gasteiger partial charge in [0.2, 0.25) is 0 Å². The molecule has 0 saturated heterocycles. The average Bonchev–Trinajstić information content (AvgIpc) is 3.63. The van der Waals surface area contributed by atoms with Gasteiger partial charge >= 0.3 is 5.51 Å². The highest BCUT2D eigenvalue weighted by Crippen LogP contribution is 2.43. The van der Waals surface area contributed by atoms with Crippen molar-refractivity contribution in [1.82, 2.24) is 15.3 Å². The van der Waals surface area contributed by atoms with Crippen molar-refractivity contribution < 1.29 is 31.5 Å². The minimum Gasteiger partial charge on any atom is -0.494 e. The number of H-pyrrole nitrogens is 1. The van der Waals surface area contributed by atoms with Crippen LogP contribution in [0.3, 0.4) is 0 Å². The molecule has 1 fully saturated rings. The summed E-state index contributed by atoms with van der Waals surface area (Å²) in [7, 11) is 1.33. The minimum atomic E-state index is -4.63. The molecule has 3 aromatic rings. The fourth-order valence-corrected chi connectivity index (χ4v) is 4.30. The number of hydrogen-bond donors (Lipinski definition) is 2. The van der Waals surface area contributed by atoms with Crippen LogP contribution in [0.15, 0.2) is 52.2 Å². The molecule has 12 heteroatoms. The van der Waals surface area contributed by atoms with Gasteiger partial charge in [-0.15, -0.1) is 0 Å². The fourth-order valence-electron chi connectivity index (χ4n) is 3.76. The largest absolute Gasteiger partial charge is 0.494 e.